The van der Waals surface area contributed by atoms with Crippen LogP contribution in [0.15, 0.2) is 36.8 Å². The van der Waals surface area contributed by atoms with Crippen molar-refractivity contribution in [1.82, 2.24) is 9.97 Å². The highest BCUT2D eigenvalue weighted by atomic mass is 16.5. The number of nitrogen functional groups attached to an aromatic ring is 1. The summed E-state index contributed by atoms with van der Waals surface area (Å²) in [6, 6.07) is 5.14. The van der Waals surface area contributed by atoms with Gasteiger partial charge in [-0.15, -0.1) is 0 Å². The number of methoxy groups -OCH3 is 1. The lowest BCUT2D eigenvalue weighted by Crippen LogP contribution is -1.94. The summed E-state index contributed by atoms with van der Waals surface area (Å²) in [7, 11) is 1.55. The largest absolute Gasteiger partial charge is 0.493 e. The molecule has 2 N–H and O–H groups in total. The van der Waals surface area contributed by atoms with Crippen LogP contribution in [0, 0.1) is 0 Å². The molecule has 0 atom stereocenters. The SMILES string of the molecule is COc1cc(N)ccc1Oc1cnccn1. The van der Waals surface area contributed by atoms with Crippen LogP contribution in [-0.4, -0.2) is 17.1 Å². The van der Waals surface area contributed by atoms with E-state index in [0.29, 0.717) is 23.1 Å². The monoisotopic (exact) mass is 217 g/mol. The van der Waals surface area contributed by atoms with Crippen molar-refractivity contribution < 1.29 is 9.47 Å². The van der Waals surface area contributed by atoms with Gasteiger partial charge in [0.2, 0.25) is 5.88 Å². The number of aromatic nitrogens is 2. The first-order chi connectivity index (χ1) is 7.79. The van der Waals surface area contributed by atoms with Gasteiger partial charge >= 0.3 is 0 Å². The van der Waals surface area contributed by atoms with Crippen molar-refractivity contribution in [2.24, 2.45) is 0 Å². The van der Waals surface area contributed by atoms with E-state index in [1.165, 1.54) is 6.20 Å². The highest BCUT2D eigenvalue weighted by Gasteiger charge is 2.06. The molecule has 0 aliphatic heterocycles. The Bertz CT molecular complexity index is 474. The minimum atomic E-state index is 0.408. The maximum absolute atomic E-state index is 5.63. The molecule has 0 radical (unpaired) electrons. The van der Waals surface area contributed by atoms with Gasteiger partial charge in [0.05, 0.1) is 13.3 Å². The molecule has 16 heavy (non-hydrogen) atoms. The predicted octanol–water partition coefficient (Wildman–Crippen LogP) is 1.86. The van der Waals surface area contributed by atoms with E-state index in [9.17, 15) is 0 Å². The van der Waals surface area contributed by atoms with Crippen molar-refractivity contribution in [2.45, 2.75) is 0 Å². The third kappa shape index (κ3) is 2.20. The summed E-state index contributed by atoms with van der Waals surface area (Å²) >= 11 is 0. The second-order valence-corrected chi connectivity index (χ2v) is 3.06. The van der Waals surface area contributed by atoms with Gasteiger partial charge in [-0.25, -0.2) is 4.98 Å². The van der Waals surface area contributed by atoms with Gasteiger partial charge < -0.3 is 15.2 Å². The van der Waals surface area contributed by atoms with Crippen molar-refractivity contribution in [3.8, 4) is 17.4 Å². The molecule has 5 heteroatoms. The normalized spacial score (nSPS) is 9.81. The summed E-state index contributed by atoms with van der Waals surface area (Å²) < 4.78 is 10.6. The van der Waals surface area contributed by atoms with Gasteiger partial charge in [-0.1, -0.05) is 0 Å². The van der Waals surface area contributed by atoms with E-state index in [1.807, 2.05) is 0 Å². The van der Waals surface area contributed by atoms with Crippen LogP contribution in [0.5, 0.6) is 17.4 Å². The predicted molar refractivity (Wildman–Crippen MR) is 59.5 cm³/mol. The van der Waals surface area contributed by atoms with Crippen LogP contribution < -0.4 is 15.2 Å². The number of nitrogens with two attached hydrogens (primary N) is 1. The van der Waals surface area contributed by atoms with Crippen LogP contribution in [-0.2, 0) is 0 Å². The maximum Gasteiger partial charge on any atom is 0.238 e. The highest BCUT2D eigenvalue weighted by molar-refractivity contribution is 5.52. The van der Waals surface area contributed by atoms with Gasteiger partial charge in [0.15, 0.2) is 11.5 Å². The Labute approximate surface area is 92.9 Å². The quantitative estimate of drug-likeness (QED) is 0.794. The second-order valence-electron chi connectivity index (χ2n) is 3.06. The maximum atomic E-state index is 5.63. The Morgan fingerprint density at radius 3 is 2.75 bits per heavy atom. The van der Waals surface area contributed by atoms with E-state index in [-0.39, 0.29) is 0 Å². The third-order valence-electron chi connectivity index (χ3n) is 1.94. The van der Waals surface area contributed by atoms with E-state index in [1.54, 1.807) is 37.7 Å². The number of hydrogen-bond donors (Lipinski definition) is 1. The Kier molecular flexibility index (Phi) is 2.86. The fourth-order valence-electron chi connectivity index (χ4n) is 1.22. The molecule has 1 heterocycles. The van der Waals surface area contributed by atoms with Crippen molar-refractivity contribution in [1.29, 1.82) is 0 Å². The van der Waals surface area contributed by atoms with E-state index in [4.69, 9.17) is 15.2 Å². The number of benzene rings is 1. The summed E-state index contributed by atoms with van der Waals surface area (Å²) in [5.74, 6) is 1.52. The molecule has 0 fully saturated rings. The molecule has 0 aliphatic rings. The van der Waals surface area contributed by atoms with Crippen LogP contribution in [0.2, 0.25) is 0 Å². The van der Waals surface area contributed by atoms with Crippen LogP contribution in [0.3, 0.4) is 0 Å². The Morgan fingerprint density at radius 1 is 1.19 bits per heavy atom. The summed E-state index contributed by atoms with van der Waals surface area (Å²) in [5.41, 5.74) is 6.25. The Morgan fingerprint density at radius 2 is 2.06 bits per heavy atom. The molecule has 5 nitrogen and oxygen atoms in total. The molecule has 0 bridgehead atoms. The summed E-state index contributed by atoms with van der Waals surface area (Å²) in [4.78, 5) is 7.90. The van der Waals surface area contributed by atoms with Crippen molar-refractivity contribution in [2.75, 3.05) is 12.8 Å². The third-order valence-corrected chi connectivity index (χ3v) is 1.94. The van der Waals surface area contributed by atoms with Gasteiger partial charge in [0.25, 0.3) is 0 Å². The minimum absolute atomic E-state index is 0.408. The lowest BCUT2D eigenvalue weighted by Gasteiger charge is -2.09. The van der Waals surface area contributed by atoms with Gasteiger partial charge in [-0.3, -0.25) is 4.98 Å². The molecule has 0 aliphatic carbocycles. The van der Waals surface area contributed by atoms with Crippen LogP contribution in [0.1, 0.15) is 0 Å². The highest BCUT2D eigenvalue weighted by Crippen LogP contribution is 2.31. The van der Waals surface area contributed by atoms with Crippen LogP contribution >= 0.6 is 0 Å². The second kappa shape index (κ2) is 4.48. The molecular formula is C11H11N3O2. The summed E-state index contributed by atoms with van der Waals surface area (Å²) in [6.45, 7) is 0. The number of ether oxygens (including phenoxy) is 2. The van der Waals surface area contributed by atoms with Gasteiger partial charge in [0, 0.05) is 24.1 Å². The molecule has 0 spiro atoms. The van der Waals surface area contributed by atoms with E-state index < -0.39 is 0 Å². The topological polar surface area (TPSA) is 70.3 Å². The molecule has 2 rings (SSSR count). The average Bonchev–Trinajstić information content (AvgIpc) is 2.33. The van der Waals surface area contributed by atoms with Crippen molar-refractivity contribution in [3.63, 3.8) is 0 Å². The lowest BCUT2D eigenvalue weighted by molar-refractivity contribution is 0.374. The first-order valence-electron chi connectivity index (χ1n) is 4.67. The number of hydrogen-bond acceptors (Lipinski definition) is 5. The van der Waals surface area contributed by atoms with Crippen LogP contribution in [0.4, 0.5) is 5.69 Å². The van der Waals surface area contributed by atoms with E-state index in [2.05, 4.69) is 9.97 Å². The minimum Gasteiger partial charge on any atom is -0.493 e. The van der Waals surface area contributed by atoms with Gasteiger partial charge in [-0.2, -0.15) is 0 Å². The molecule has 0 saturated carbocycles. The molecule has 1 aromatic heterocycles. The molecule has 82 valence electrons. The zero-order valence-corrected chi connectivity index (χ0v) is 8.75. The van der Waals surface area contributed by atoms with E-state index in [0.717, 1.165) is 0 Å². The molecular weight excluding hydrogens is 206 g/mol. The number of anilines is 1. The van der Waals surface area contributed by atoms with Gasteiger partial charge in [-0.05, 0) is 12.1 Å². The first-order valence-corrected chi connectivity index (χ1v) is 4.67. The fraction of sp³-hybridized carbons (Fsp3) is 0.0909. The van der Waals surface area contributed by atoms with Gasteiger partial charge in [0.1, 0.15) is 0 Å². The Hall–Kier alpha value is -2.30. The molecule has 1 aromatic carbocycles. The molecule has 0 amide bonds. The standard InChI is InChI=1S/C11H11N3O2/c1-15-10-6-8(12)2-3-9(10)16-11-7-13-4-5-14-11/h2-7H,12H2,1H3. The zero-order chi connectivity index (χ0) is 11.4. The number of nitrogens with zero attached hydrogens (tertiary/aromatic N) is 2. The van der Waals surface area contributed by atoms with Crippen LogP contribution in [0.25, 0.3) is 0 Å². The smallest absolute Gasteiger partial charge is 0.238 e. The molecule has 2 aromatic rings. The summed E-state index contributed by atoms with van der Waals surface area (Å²) in [6.07, 6.45) is 4.65. The summed E-state index contributed by atoms with van der Waals surface area (Å²) in [5, 5.41) is 0. The lowest BCUT2D eigenvalue weighted by atomic mass is 10.3. The zero-order valence-electron chi connectivity index (χ0n) is 8.75. The number of rotatable bonds is 3. The fourth-order valence-corrected chi connectivity index (χ4v) is 1.22. The van der Waals surface area contributed by atoms with Crippen molar-refractivity contribution >= 4 is 5.69 Å². The first kappa shape index (κ1) is 10.2. The van der Waals surface area contributed by atoms with Crippen molar-refractivity contribution in [3.05, 3.63) is 36.8 Å². The molecule has 0 saturated heterocycles. The molecule has 0 unspecified atom stereocenters. The Balaban J connectivity index is 2.28. The van der Waals surface area contributed by atoms with E-state index >= 15 is 0 Å². The average molecular weight is 217 g/mol.